The molecule has 4 nitrogen and oxygen atoms in total. The topological polar surface area (TPSA) is 66.8 Å². The molecule has 0 radical (unpaired) electrons. The quantitative estimate of drug-likeness (QED) is 0.0893. The van der Waals surface area contributed by atoms with Crippen LogP contribution in [0, 0.1) is 11.3 Å². The van der Waals surface area contributed by atoms with Crippen LogP contribution in [0.4, 0.5) is 0 Å². The Morgan fingerprint density at radius 1 is 0.795 bits per heavy atom. The zero-order chi connectivity index (χ0) is 29.0. The summed E-state index contributed by atoms with van der Waals surface area (Å²) in [7, 11) is 0. The van der Waals surface area contributed by atoms with Crippen molar-refractivity contribution in [3.05, 3.63) is 0 Å². The minimum atomic E-state index is -0.618. The predicted molar refractivity (Wildman–Crippen MR) is 169 cm³/mol. The van der Waals surface area contributed by atoms with Crippen LogP contribution in [0.15, 0.2) is 0 Å². The van der Waals surface area contributed by atoms with Crippen molar-refractivity contribution >= 4 is 17.7 Å². The van der Waals surface area contributed by atoms with E-state index in [4.69, 9.17) is 4.74 Å². The maximum absolute atomic E-state index is 12.0. The highest BCUT2D eigenvalue weighted by molar-refractivity contribution is 8.00. The van der Waals surface area contributed by atoms with Gasteiger partial charge in [0.1, 0.15) is 0 Å². The Balaban J connectivity index is 2.08. The molecule has 1 rings (SSSR count). The first-order valence-electron chi connectivity index (χ1n) is 16.7. The largest absolute Gasteiger partial charge is 0.466 e. The maximum Gasteiger partial charge on any atom is 0.305 e. The summed E-state index contributed by atoms with van der Waals surface area (Å²) in [4.78, 5) is 12.0. The summed E-state index contributed by atoms with van der Waals surface area (Å²) in [6.45, 7) is 11.7. The molecule has 1 fully saturated rings. The van der Waals surface area contributed by atoms with Gasteiger partial charge in [-0.15, -0.1) is 0 Å². The number of carbonyl (C=O) groups excluding carboxylic acids is 1. The molecule has 0 aromatic carbocycles. The van der Waals surface area contributed by atoms with Crippen LogP contribution in [0.1, 0.15) is 169 Å². The van der Waals surface area contributed by atoms with Crippen LogP contribution in [-0.2, 0) is 9.53 Å². The molecular formula is C34H66O4S. The highest BCUT2D eigenvalue weighted by Gasteiger charge is 2.36. The van der Waals surface area contributed by atoms with E-state index in [9.17, 15) is 15.0 Å². The first-order chi connectivity index (χ1) is 18.5. The number of thioether (sulfide) groups is 1. The number of ether oxygens (including phenoxy) is 1. The van der Waals surface area contributed by atoms with Crippen molar-refractivity contribution in [3.8, 4) is 0 Å². The molecule has 39 heavy (non-hydrogen) atoms. The lowest BCUT2D eigenvalue weighted by atomic mass is 9.89. The van der Waals surface area contributed by atoms with Gasteiger partial charge in [0.05, 0.1) is 18.3 Å². The van der Waals surface area contributed by atoms with E-state index in [1.807, 2.05) is 18.7 Å². The first-order valence-corrected chi connectivity index (χ1v) is 17.8. The number of hydrogen-bond donors (Lipinski definition) is 2. The van der Waals surface area contributed by atoms with Crippen molar-refractivity contribution in [2.75, 3.05) is 12.4 Å². The Labute approximate surface area is 247 Å². The molecule has 232 valence electrons. The van der Waals surface area contributed by atoms with Gasteiger partial charge in [0.15, 0.2) is 0 Å². The third kappa shape index (κ3) is 20.3. The molecule has 1 aliphatic rings. The van der Waals surface area contributed by atoms with Gasteiger partial charge in [0, 0.05) is 17.4 Å². The number of esters is 1. The number of aliphatic hydroxyl groups excluding tert-OH is 1. The van der Waals surface area contributed by atoms with Gasteiger partial charge in [0.2, 0.25) is 0 Å². The number of carbonyl (C=O) groups is 1. The van der Waals surface area contributed by atoms with Crippen molar-refractivity contribution in [1.82, 2.24) is 0 Å². The molecule has 0 aromatic rings. The van der Waals surface area contributed by atoms with Crippen LogP contribution in [0.5, 0.6) is 0 Å². The second kappa shape index (κ2) is 21.4. The number of rotatable bonds is 24. The van der Waals surface area contributed by atoms with E-state index in [1.54, 1.807) is 0 Å². The van der Waals surface area contributed by atoms with E-state index < -0.39 is 5.60 Å². The highest BCUT2D eigenvalue weighted by Crippen LogP contribution is 2.40. The molecule has 4 atom stereocenters. The fraction of sp³-hybridized carbons (Fsp3) is 0.971. The molecular weight excluding hydrogens is 504 g/mol. The van der Waals surface area contributed by atoms with E-state index in [-0.39, 0.29) is 12.1 Å². The fourth-order valence-electron chi connectivity index (χ4n) is 5.79. The average molecular weight is 571 g/mol. The van der Waals surface area contributed by atoms with Crippen molar-refractivity contribution in [1.29, 1.82) is 0 Å². The molecule has 4 unspecified atom stereocenters. The predicted octanol–water partition coefficient (Wildman–Crippen LogP) is 9.63. The zero-order valence-electron chi connectivity index (χ0n) is 26.6. The average Bonchev–Trinajstić information content (AvgIpc) is 3.22. The van der Waals surface area contributed by atoms with Gasteiger partial charge in [-0.3, -0.25) is 4.79 Å². The third-order valence-electron chi connectivity index (χ3n) is 8.40. The van der Waals surface area contributed by atoms with Crippen molar-refractivity contribution in [2.24, 2.45) is 11.3 Å². The van der Waals surface area contributed by atoms with Crippen LogP contribution in [0.3, 0.4) is 0 Å². The Kier molecular flexibility index (Phi) is 20.2. The van der Waals surface area contributed by atoms with Gasteiger partial charge >= 0.3 is 5.97 Å². The molecule has 2 N–H and O–H groups in total. The van der Waals surface area contributed by atoms with Crippen molar-refractivity contribution in [3.63, 3.8) is 0 Å². The molecule has 1 saturated carbocycles. The minimum absolute atomic E-state index is 0.0399. The summed E-state index contributed by atoms with van der Waals surface area (Å²) in [5.41, 5.74) is -0.220. The molecule has 1 aliphatic carbocycles. The second-order valence-corrected chi connectivity index (χ2v) is 15.2. The van der Waals surface area contributed by atoms with Crippen LogP contribution in [0.25, 0.3) is 0 Å². The lowest BCUT2D eigenvalue weighted by Gasteiger charge is -2.28. The molecule has 0 aliphatic heterocycles. The smallest absolute Gasteiger partial charge is 0.305 e. The van der Waals surface area contributed by atoms with Crippen molar-refractivity contribution < 1.29 is 19.7 Å². The minimum Gasteiger partial charge on any atom is -0.466 e. The summed E-state index contributed by atoms with van der Waals surface area (Å²) in [6.07, 6.45) is 23.2. The summed E-state index contributed by atoms with van der Waals surface area (Å²) >= 11 is 1.89. The second-order valence-electron chi connectivity index (χ2n) is 13.9. The normalized spacial score (nSPS) is 21.3. The van der Waals surface area contributed by atoms with Gasteiger partial charge in [-0.1, -0.05) is 111 Å². The van der Waals surface area contributed by atoms with E-state index >= 15 is 0 Å². The Hall–Kier alpha value is -0.260. The van der Waals surface area contributed by atoms with E-state index in [0.29, 0.717) is 29.6 Å². The molecule has 0 aromatic heterocycles. The summed E-state index contributed by atoms with van der Waals surface area (Å²) < 4.78 is 5.41. The SMILES string of the molecule is CCCCCCCCCCOC(=O)CCCCCCC1C(O)CCC1SCC(C)(O)CCCCCC(C)(C)C. The van der Waals surface area contributed by atoms with Gasteiger partial charge in [-0.2, -0.15) is 11.8 Å². The van der Waals surface area contributed by atoms with Gasteiger partial charge in [0.25, 0.3) is 0 Å². The summed E-state index contributed by atoms with van der Waals surface area (Å²) in [5.74, 6) is 1.07. The lowest BCUT2D eigenvalue weighted by Crippen LogP contribution is -2.30. The fourth-order valence-corrected chi connectivity index (χ4v) is 7.37. The van der Waals surface area contributed by atoms with Crippen LogP contribution >= 0.6 is 11.8 Å². The maximum atomic E-state index is 12.0. The Morgan fingerprint density at radius 2 is 1.38 bits per heavy atom. The third-order valence-corrected chi connectivity index (χ3v) is 10.2. The Morgan fingerprint density at radius 3 is 2.08 bits per heavy atom. The lowest BCUT2D eigenvalue weighted by molar-refractivity contribution is -0.143. The molecule has 0 amide bonds. The van der Waals surface area contributed by atoms with E-state index in [2.05, 4.69) is 27.7 Å². The number of hydrogen-bond acceptors (Lipinski definition) is 5. The highest BCUT2D eigenvalue weighted by atomic mass is 32.2. The summed E-state index contributed by atoms with van der Waals surface area (Å²) in [5, 5.41) is 21.9. The van der Waals surface area contributed by atoms with E-state index in [0.717, 1.165) is 70.0 Å². The molecule has 0 bridgehead atoms. The van der Waals surface area contributed by atoms with Gasteiger partial charge in [-0.25, -0.2) is 0 Å². The van der Waals surface area contributed by atoms with Crippen LogP contribution < -0.4 is 0 Å². The van der Waals surface area contributed by atoms with Gasteiger partial charge < -0.3 is 14.9 Å². The molecule has 0 saturated heterocycles. The molecule has 5 heteroatoms. The van der Waals surface area contributed by atoms with Crippen LogP contribution in [-0.4, -0.2) is 45.5 Å². The number of aliphatic hydroxyl groups is 2. The standard InChI is InChI=1S/C34H66O4S/c1-6-7-8-9-10-11-14-20-27-38-32(36)22-17-13-12-16-21-29-30(35)23-24-31(29)39-28-34(5,37)26-19-15-18-25-33(2,3)4/h29-31,35,37H,6-28H2,1-5H3. The van der Waals surface area contributed by atoms with E-state index in [1.165, 1.54) is 64.2 Å². The summed E-state index contributed by atoms with van der Waals surface area (Å²) in [6, 6.07) is 0. The monoisotopic (exact) mass is 570 g/mol. The van der Waals surface area contributed by atoms with Gasteiger partial charge in [-0.05, 0) is 63.2 Å². The molecule has 0 heterocycles. The number of unbranched alkanes of at least 4 members (excludes halogenated alkanes) is 12. The zero-order valence-corrected chi connectivity index (χ0v) is 27.4. The first kappa shape index (κ1) is 36.8. The van der Waals surface area contributed by atoms with Crippen LogP contribution in [0.2, 0.25) is 0 Å². The van der Waals surface area contributed by atoms with Crippen molar-refractivity contribution in [2.45, 2.75) is 186 Å². The Bertz CT molecular complexity index is 600. The molecule has 0 spiro atoms.